The summed E-state index contributed by atoms with van der Waals surface area (Å²) in [5, 5.41) is 11.4. The Morgan fingerprint density at radius 2 is 1.96 bits per heavy atom. The van der Waals surface area contributed by atoms with Crippen molar-refractivity contribution in [3.63, 3.8) is 0 Å². The van der Waals surface area contributed by atoms with Gasteiger partial charge in [-0.3, -0.25) is 9.58 Å². The maximum absolute atomic E-state index is 12.6. The molecule has 2 aliphatic rings. The SMILES string of the molecule is CN1CCN(c2cnn(C3CCN(c4ccc(C(F)(F)F)nn4)C3)c2)C1=O. The second-order valence-corrected chi connectivity index (χ2v) is 6.70. The lowest BCUT2D eigenvalue weighted by Crippen LogP contribution is -2.28. The van der Waals surface area contributed by atoms with Crippen LogP contribution in [-0.4, -0.2) is 64.1 Å². The molecule has 4 heterocycles. The van der Waals surface area contributed by atoms with E-state index in [2.05, 4.69) is 15.3 Å². The molecule has 2 amide bonds. The molecule has 0 bridgehead atoms. The van der Waals surface area contributed by atoms with Crippen molar-refractivity contribution in [2.24, 2.45) is 0 Å². The first-order chi connectivity index (χ1) is 12.8. The van der Waals surface area contributed by atoms with Crippen LogP contribution in [0, 0.1) is 0 Å². The minimum atomic E-state index is -4.49. The zero-order valence-electron chi connectivity index (χ0n) is 14.6. The van der Waals surface area contributed by atoms with Crippen molar-refractivity contribution in [2.75, 3.05) is 43.0 Å². The quantitative estimate of drug-likeness (QED) is 0.814. The summed E-state index contributed by atoms with van der Waals surface area (Å²) in [4.78, 5) is 17.3. The van der Waals surface area contributed by atoms with Gasteiger partial charge in [-0.15, -0.1) is 10.2 Å². The van der Waals surface area contributed by atoms with Gasteiger partial charge in [0, 0.05) is 39.4 Å². The van der Waals surface area contributed by atoms with Gasteiger partial charge in [-0.2, -0.15) is 18.3 Å². The van der Waals surface area contributed by atoms with E-state index in [1.807, 2.05) is 11.1 Å². The molecule has 11 heteroatoms. The van der Waals surface area contributed by atoms with Gasteiger partial charge in [0.15, 0.2) is 11.5 Å². The number of halogens is 3. The van der Waals surface area contributed by atoms with Gasteiger partial charge in [-0.25, -0.2) is 4.79 Å². The Bertz CT molecular complexity index is 835. The normalized spacial score (nSPS) is 20.8. The topological polar surface area (TPSA) is 70.4 Å². The molecule has 27 heavy (non-hydrogen) atoms. The summed E-state index contributed by atoms with van der Waals surface area (Å²) in [6, 6.07) is 2.28. The van der Waals surface area contributed by atoms with E-state index in [-0.39, 0.29) is 12.1 Å². The highest BCUT2D eigenvalue weighted by Gasteiger charge is 2.34. The molecule has 2 aromatic rings. The summed E-state index contributed by atoms with van der Waals surface area (Å²) in [6.07, 6.45) is -0.218. The van der Waals surface area contributed by atoms with Gasteiger partial charge in [0.05, 0.1) is 17.9 Å². The fourth-order valence-electron chi connectivity index (χ4n) is 3.36. The van der Waals surface area contributed by atoms with Gasteiger partial charge in [0.25, 0.3) is 0 Å². The number of hydrogen-bond donors (Lipinski definition) is 0. The van der Waals surface area contributed by atoms with Gasteiger partial charge in [-0.1, -0.05) is 0 Å². The number of carbonyl (C=O) groups is 1. The van der Waals surface area contributed by atoms with Crippen LogP contribution in [0.5, 0.6) is 0 Å². The molecule has 0 aromatic carbocycles. The largest absolute Gasteiger partial charge is 0.435 e. The monoisotopic (exact) mass is 381 g/mol. The highest BCUT2D eigenvalue weighted by atomic mass is 19.4. The highest BCUT2D eigenvalue weighted by Crippen LogP contribution is 2.30. The predicted molar refractivity (Wildman–Crippen MR) is 90.5 cm³/mol. The Hall–Kier alpha value is -2.85. The van der Waals surface area contributed by atoms with E-state index in [4.69, 9.17) is 0 Å². The van der Waals surface area contributed by atoms with Gasteiger partial charge in [-0.05, 0) is 18.6 Å². The van der Waals surface area contributed by atoms with E-state index < -0.39 is 11.9 Å². The molecule has 8 nitrogen and oxygen atoms in total. The molecule has 0 spiro atoms. The van der Waals surface area contributed by atoms with Crippen LogP contribution < -0.4 is 9.80 Å². The lowest BCUT2D eigenvalue weighted by Gasteiger charge is -2.17. The summed E-state index contributed by atoms with van der Waals surface area (Å²) in [5.74, 6) is 0.411. The van der Waals surface area contributed by atoms with Gasteiger partial charge in [0.1, 0.15) is 0 Å². The minimum Gasteiger partial charge on any atom is -0.353 e. The van der Waals surface area contributed by atoms with Crippen LogP contribution in [0.25, 0.3) is 0 Å². The maximum Gasteiger partial charge on any atom is 0.435 e. The Morgan fingerprint density at radius 3 is 2.59 bits per heavy atom. The average Bonchev–Trinajstić information content (AvgIpc) is 3.35. The summed E-state index contributed by atoms with van der Waals surface area (Å²) in [6.45, 7) is 2.51. The number of amides is 2. The first kappa shape index (κ1) is 17.6. The molecule has 0 radical (unpaired) electrons. The maximum atomic E-state index is 12.6. The van der Waals surface area contributed by atoms with Crippen molar-refractivity contribution in [1.29, 1.82) is 0 Å². The molecule has 1 unspecified atom stereocenters. The van der Waals surface area contributed by atoms with Crippen LogP contribution in [0.4, 0.5) is 29.5 Å². The van der Waals surface area contributed by atoms with Gasteiger partial charge < -0.3 is 9.80 Å². The number of aromatic nitrogens is 4. The van der Waals surface area contributed by atoms with Crippen molar-refractivity contribution >= 4 is 17.5 Å². The lowest BCUT2D eigenvalue weighted by atomic mass is 10.3. The average molecular weight is 381 g/mol. The zero-order valence-corrected chi connectivity index (χ0v) is 14.6. The first-order valence-corrected chi connectivity index (χ1v) is 8.55. The van der Waals surface area contributed by atoms with Crippen LogP contribution in [0.1, 0.15) is 18.2 Å². The van der Waals surface area contributed by atoms with Crippen molar-refractivity contribution < 1.29 is 18.0 Å². The summed E-state index contributed by atoms with van der Waals surface area (Å²) < 4.78 is 39.6. The molecular formula is C16H18F3N7O. The summed E-state index contributed by atoms with van der Waals surface area (Å²) in [7, 11) is 1.76. The third-order valence-corrected chi connectivity index (χ3v) is 4.92. The fourth-order valence-corrected chi connectivity index (χ4v) is 3.36. The molecule has 2 aromatic heterocycles. The Kier molecular flexibility index (Phi) is 4.16. The number of likely N-dealkylation sites (N-methyl/N-ethyl adjacent to an activating group) is 1. The molecule has 0 aliphatic carbocycles. The molecule has 0 saturated carbocycles. The number of alkyl halides is 3. The predicted octanol–water partition coefficient (Wildman–Crippen LogP) is 2.02. The number of anilines is 2. The van der Waals surface area contributed by atoms with Gasteiger partial charge in [0.2, 0.25) is 0 Å². The van der Waals surface area contributed by atoms with Crippen molar-refractivity contribution in [2.45, 2.75) is 18.6 Å². The molecule has 4 rings (SSSR count). The van der Waals surface area contributed by atoms with Crippen molar-refractivity contribution in [1.82, 2.24) is 24.9 Å². The van der Waals surface area contributed by atoms with Crippen LogP contribution >= 0.6 is 0 Å². The molecular weight excluding hydrogens is 363 g/mol. The van der Waals surface area contributed by atoms with E-state index in [0.29, 0.717) is 32.0 Å². The fraction of sp³-hybridized carbons (Fsp3) is 0.500. The zero-order chi connectivity index (χ0) is 19.2. The van der Waals surface area contributed by atoms with Crippen molar-refractivity contribution in [3.05, 3.63) is 30.2 Å². The standard InChI is InChI=1S/C16H18F3N7O/c1-23-6-7-25(15(23)27)12-8-20-26(10-12)11-4-5-24(9-11)14-3-2-13(21-22-14)16(17,18)19/h2-3,8,10-11H,4-7,9H2,1H3. The molecule has 1 atom stereocenters. The minimum absolute atomic E-state index is 0.0531. The Balaban J connectivity index is 1.43. The lowest BCUT2D eigenvalue weighted by molar-refractivity contribution is -0.141. The smallest absolute Gasteiger partial charge is 0.353 e. The summed E-state index contributed by atoms with van der Waals surface area (Å²) >= 11 is 0. The van der Waals surface area contributed by atoms with Crippen molar-refractivity contribution in [3.8, 4) is 0 Å². The van der Waals surface area contributed by atoms with Crippen LogP contribution in [0.15, 0.2) is 24.5 Å². The molecule has 144 valence electrons. The number of carbonyl (C=O) groups excluding carboxylic acids is 1. The Labute approximate surface area is 153 Å². The second kappa shape index (κ2) is 6.39. The third-order valence-electron chi connectivity index (χ3n) is 4.92. The first-order valence-electron chi connectivity index (χ1n) is 8.55. The number of rotatable bonds is 3. The van der Waals surface area contributed by atoms with Crippen LogP contribution in [-0.2, 0) is 6.18 Å². The van der Waals surface area contributed by atoms with Crippen LogP contribution in [0.2, 0.25) is 0 Å². The third kappa shape index (κ3) is 3.28. The number of hydrogen-bond acceptors (Lipinski definition) is 5. The molecule has 2 fully saturated rings. The van der Waals surface area contributed by atoms with E-state index in [1.165, 1.54) is 6.07 Å². The summed E-state index contributed by atoms with van der Waals surface area (Å²) in [5.41, 5.74) is -0.254. The molecule has 2 saturated heterocycles. The van der Waals surface area contributed by atoms with Gasteiger partial charge >= 0.3 is 12.2 Å². The van der Waals surface area contributed by atoms with E-state index in [9.17, 15) is 18.0 Å². The van der Waals surface area contributed by atoms with E-state index >= 15 is 0 Å². The number of urea groups is 1. The van der Waals surface area contributed by atoms with Crippen LogP contribution in [0.3, 0.4) is 0 Å². The second-order valence-electron chi connectivity index (χ2n) is 6.70. The highest BCUT2D eigenvalue weighted by molar-refractivity contribution is 5.93. The molecule has 0 N–H and O–H groups in total. The Morgan fingerprint density at radius 1 is 1.15 bits per heavy atom. The molecule has 2 aliphatic heterocycles. The number of nitrogens with zero attached hydrogens (tertiary/aromatic N) is 7. The van der Waals surface area contributed by atoms with E-state index in [1.54, 1.807) is 27.7 Å². The van der Waals surface area contributed by atoms with E-state index in [0.717, 1.165) is 18.2 Å².